The summed E-state index contributed by atoms with van der Waals surface area (Å²) in [6, 6.07) is 16.1. The summed E-state index contributed by atoms with van der Waals surface area (Å²) in [5.41, 5.74) is 3.39. The fourth-order valence-corrected chi connectivity index (χ4v) is 3.13. The highest BCUT2D eigenvalue weighted by Crippen LogP contribution is 2.13. The Labute approximate surface area is 155 Å². The van der Waals surface area contributed by atoms with Gasteiger partial charge >= 0.3 is 0 Å². The van der Waals surface area contributed by atoms with E-state index in [0.29, 0.717) is 5.75 Å². The summed E-state index contributed by atoms with van der Waals surface area (Å²) in [6.07, 6.45) is 3.06. The summed E-state index contributed by atoms with van der Waals surface area (Å²) in [5.74, 6) is 2.45. The van der Waals surface area contributed by atoms with Crippen molar-refractivity contribution >= 4 is 23.4 Å². The van der Waals surface area contributed by atoms with Crippen LogP contribution in [0.15, 0.2) is 48.5 Å². The maximum absolute atomic E-state index is 11.9. The Balaban J connectivity index is 1.51. The van der Waals surface area contributed by atoms with Crippen molar-refractivity contribution in [3.63, 3.8) is 0 Å². The molecule has 0 bridgehead atoms. The molecule has 0 aliphatic carbocycles. The lowest BCUT2D eigenvalue weighted by atomic mass is 10.1. The summed E-state index contributed by atoms with van der Waals surface area (Å²) < 4.78 is 5.70. The van der Waals surface area contributed by atoms with Crippen LogP contribution in [0.25, 0.3) is 0 Å². The molecule has 0 atom stereocenters. The molecule has 0 unspecified atom stereocenters. The van der Waals surface area contributed by atoms with Gasteiger partial charge in [0.05, 0.1) is 12.4 Å². The van der Waals surface area contributed by atoms with Crippen LogP contribution in [0.4, 0.5) is 5.69 Å². The zero-order chi connectivity index (χ0) is 17.9. The number of carbonyl (C=O) groups is 1. The number of ether oxygens (including phenoxy) is 1. The fraction of sp³-hybridized carbons (Fsp3) is 0.381. The molecule has 0 radical (unpaired) electrons. The van der Waals surface area contributed by atoms with Crippen molar-refractivity contribution in [2.45, 2.75) is 33.1 Å². The molecule has 0 saturated carbocycles. The van der Waals surface area contributed by atoms with E-state index in [9.17, 15) is 4.79 Å². The number of aryl methyl sites for hydroxylation is 2. The normalized spacial score (nSPS) is 10.5. The molecule has 2 aromatic carbocycles. The maximum Gasteiger partial charge on any atom is 0.234 e. The van der Waals surface area contributed by atoms with E-state index in [4.69, 9.17) is 4.74 Å². The summed E-state index contributed by atoms with van der Waals surface area (Å²) >= 11 is 1.67. The number of amides is 1. The van der Waals surface area contributed by atoms with Crippen molar-refractivity contribution in [1.82, 2.24) is 0 Å². The van der Waals surface area contributed by atoms with Crippen molar-refractivity contribution in [3.8, 4) is 5.75 Å². The molecule has 0 aromatic heterocycles. The minimum atomic E-state index is 0.0603. The first-order chi connectivity index (χ1) is 12.2. The minimum absolute atomic E-state index is 0.0603. The van der Waals surface area contributed by atoms with E-state index in [1.165, 1.54) is 11.1 Å². The highest BCUT2D eigenvalue weighted by atomic mass is 32.2. The third-order valence-corrected chi connectivity index (χ3v) is 4.90. The molecule has 1 N–H and O–H groups in total. The van der Waals surface area contributed by atoms with Crippen LogP contribution in [-0.4, -0.2) is 24.0 Å². The van der Waals surface area contributed by atoms with Gasteiger partial charge in [-0.25, -0.2) is 0 Å². The van der Waals surface area contributed by atoms with Gasteiger partial charge in [0, 0.05) is 5.69 Å². The van der Waals surface area contributed by atoms with Gasteiger partial charge in [0.2, 0.25) is 5.91 Å². The Bertz CT molecular complexity index is 638. The molecule has 2 aromatic rings. The number of benzene rings is 2. The Morgan fingerprint density at radius 3 is 2.44 bits per heavy atom. The SMILES string of the molecule is CCc1ccc(NC(=O)CSCCCCOc2ccc(C)cc2)cc1. The molecule has 0 aliphatic heterocycles. The minimum Gasteiger partial charge on any atom is -0.494 e. The molecule has 0 saturated heterocycles. The second kappa shape index (κ2) is 10.8. The van der Waals surface area contributed by atoms with Crippen molar-refractivity contribution in [1.29, 1.82) is 0 Å². The van der Waals surface area contributed by atoms with E-state index in [1.54, 1.807) is 11.8 Å². The molecule has 4 heteroatoms. The van der Waals surface area contributed by atoms with Crippen LogP contribution in [-0.2, 0) is 11.2 Å². The van der Waals surface area contributed by atoms with Crippen molar-refractivity contribution in [2.75, 3.05) is 23.4 Å². The van der Waals surface area contributed by atoms with Gasteiger partial charge in [-0.3, -0.25) is 4.79 Å². The van der Waals surface area contributed by atoms with E-state index in [-0.39, 0.29) is 5.91 Å². The van der Waals surface area contributed by atoms with Crippen LogP contribution in [0.1, 0.15) is 30.9 Å². The molecule has 0 aliphatic rings. The number of hydrogen-bond acceptors (Lipinski definition) is 3. The number of rotatable bonds is 10. The summed E-state index contributed by atoms with van der Waals surface area (Å²) in [4.78, 5) is 11.9. The lowest BCUT2D eigenvalue weighted by molar-refractivity contribution is -0.113. The summed E-state index contributed by atoms with van der Waals surface area (Å²) in [6.45, 7) is 4.91. The third kappa shape index (κ3) is 7.65. The monoisotopic (exact) mass is 357 g/mol. The highest BCUT2D eigenvalue weighted by Gasteiger charge is 2.02. The highest BCUT2D eigenvalue weighted by molar-refractivity contribution is 7.99. The standard InChI is InChI=1S/C21H27NO2S/c1-3-18-8-10-19(11-9-18)22-21(23)16-25-15-5-4-14-24-20-12-6-17(2)7-13-20/h6-13H,3-5,14-16H2,1-2H3,(H,22,23). The fourth-order valence-electron chi connectivity index (χ4n) is 2.32. The second-order valence-electron chi connectivity index (χ2n) is 6.02. The van der Waals surface area contributed by atoms with Crippen LogP contribution >= 0.6 is 11.8 Å². The van der Waals surface area contributed by atoms with Gasteiger partial charge < -0.3 is 10.1 Å². The van der Waals surface area contributed by atoms with Gasteiger partial charge in [-0.1, -0.05) is 36.8 Å². The van der Waals surface area contributed by atoms with Crippen LogP contribution in [0.5, 0.6) is 5.75 Å². The smallest absolute Gasteiger partial charge is 0.234 e. The zero-order valence-electron chi connectivity index (χ0n) is 15.1. The average Bonchev–Trinajstić information content (AvgIpc) is 2.63. The maximum atomic E-state index is 11.9. The number of hydrogen-bond donors (Lipinski definition) is 1. The van der Waals surface area contributed by atoms with Crippen molar-refractivity contribution < 1.29 is 9.53 Å². The van der Waals surface area contributed by atoms with E-state index >= 15 is 0 Å². The largest absolute Gasteiger partial charge is 0.494 e. The molecule has 3 nitrogen and oxygen atoms in total. The first-order valence-electron chi connectivity index (χ1n) is 8.83. The van der Waals surface area contributed by atoms with E-state index in [0.717, 1.165) is 43.1 Å². The Hall–Kier alpha value is -1.94. The molecule has 2 rings (SSSR count). The first kappa shape index (κ1) is 19.4. The van der Waals surface area contributed by atoms with E-state index in [1.807, 2.05) is 24.3 Å². The quantitative estimate of drug-likeness (QED) is 0.602. The number of thioether (sulfide) groups is 1. The van der Waals surface area contributed by atoms with Crippen LogP contribution in [0.2, 0.25) is 0 Å². The summed E-state index contributed by atoms with van der Waals surface area (Å²) in [7, 11) is 0. The Kier molecular flexibility index (Phi) is 8.40. The summed E-state index contributed by atoms with van der Waals surface area (Å²) in [5, 5.41) is 2.94. The molecular formula is C21H27NO2S. The molecule has 134 valence electrons. The molecule has 0 spiro atoms. The van der Waals surface area contributed by atoms with Crippen molar-refractivity contribution in [2.24, 2.45) is 0 Å². The van der Waals surface area contributed by atoms with E-state index < -0.39 is 0 Å². The van der Waals surface area contributed by atoms with Gasteiger partial charge in [0.15, 0.2) is 0 Å². The molecule has 0 heterocycles. The van der Waals surface area contributed by atoms with Gasteiger partial charge in [0.25, 0.3) is 0 Å². The number of carbonyl (C=O) groups excluding carboxylic acids is 1. The van der Waals surface area contributed by atoms with Crippen LogP contribution < -0.4 is 10.1 Å². The Morgan fingerprint density at radius 2 is 1.76 bits per heavy atom. The van der Waals surface area contributed by atoms with Gasteiger partial charge in [-0.05, 0) is 61.8 Å². The van der Waals surface area contributed by atoms with Gasteiger partial charge in [-0.15, -0.1) is 0 Å². The van der Waals surface area contributed by atoms with Crippen molar-refractivity contribution in [3.05, 3.63) is 59.7 Å². The molecule has 0 fully saturated rings. The molecular weight excluding hydrogens is 330 g/mol. The van der Waals surface area contributed by atoms with Crippen LogP contribution in [0, 0.1) is 6.92 Å². The number of anilines is 1. The first-order valence-corrected chi connectivity index (χ1v) is 9.99. The zero-order valence-corrected chi connectivity index (χ0v) is 15.9. The van der Waals surface area contributed by atoms with E-state index in [2.05, 4.69) is 43.4 Å². The van der Waals surface area contributed by atoms with Gasteiger partial charge in [0.1, 0.15) is 5.75 Å². The van der Waals surface area contributed by atoms with Crippen LogP contribution in [0.3, 0.4) is 0 Å². The lowest BCUT2D eigenvalue weighted by Gasteiger charge is -2.07. The molecule has 25 heavy (non-hydrogen) atoms. The lowest BCUT2D eigenvalue weighted by Crippen LogP contribution is -2.14. The second-order valence-corrected chi connectivity index (χ2v) is 7.13. The topological polar surface area (TPSA) is 38.3 Å². The molecule has 1 amide bonds. The van der Waals surface area contributed by atoms with Gasteiger partial charge in [-0.2, -0.15) is 11.8 Å². The Morgan fingerprint density at radius 1 is 1.04 bits per heavy atom. The number of nitrogens with one attached hydrogen (secondary N) is 1. The third-order valence-electron chi connectivity index (χ3n) is 3.85. The average molecular weight is 358 g/mol. The number of unbranched alkanes of at least 4 members (excludes halogenated alkanes) is 1. The predicted molar refractivity (Wildman–Crippen MR) is 108 cm³/mol. The predicted octanol–water partition coefficient (Wildman–Crippen LogP) is 5.09.